The molecule has 0 aliphatic heterocycles. The molecule has 0 fully saturated rings. The molecule has 0 unspecified atom stereocenters. The van der Waals surface area contributed by atoms with Gasteiger partial charge >= 0.3 is 5.97 Å². The van der Waals surface area contributed by atoms with Gasteiger partial charge in [-0.15, -0.1) is 0 Å². The highest BCUT2D eigenvalue weighted by atomic mass is 16.7. The predicted octanol–water partition coefficient (Wildman–Crippen LogP) is 2.26. The van der Waals surface area contributed by atoms with Gasteiger partial charge in [0, 0.05) is 0 Å². The summed E-state index contributed by atoms with van der Waals surface area (Å²) in [5, 5.41) is 0. The third-order valence-electron chi connectivity index (χ3n) is 2.54. The molecule has 2 N–H and O–H groups in total. The van der Waals surface area contributed by atoms with Crippen LogP contribution in [0.5, 0.6) is 0 Å². The van der Waals surface area contributed by atoms with Crippen LogP contribution in [0.3, 0.4) is 0 Å². The zero-order valence-corrected chi connectivity index (χ0v) is 9.31. The van der Waals surface area contributed by atoms with Crippen LogP contribution in [0.2, 0.25) is 0 Å². The molecule has 0 aromatic rings. The molecule has 13 heavy (non-hydrogen) atoms. The average molecular weight is 187 g/mol. The van der Waals surface area contributed by atoms with E-state index in [2.05, 4.69) is 25.6 Å². The standard InChI is InChI=1S/C10H21NO2/c1-6-9(2,3)7-10(4,5)8(12)13-11/h6-7,11H2,1-5H3. The minimum absolute atomic E-state index is 0.150. The Morgan fingerprint density at radius 2 is 1.77 bits per heavy atom. The Balaban J connectivity index is 4.41. The summed E-state index contributed by atoms with van der Waals surface area (Å²) in [6.45, 7) is 10.1. The normalized spacial score (nSPS) is 12.8. The smallest absolute Gasteiger partial charge is 0.329 e. The summed E-state index contributed by atoms with van der Waals surface area (Å²) < 4.78 is 0. The molecule has 0 aliphatic rings. The molecule has 0 aromatic heterocycles. The summed E-state index contributed by atoms with van der Waals surface area (Å²) in [7, 11) is 0. The van der Waals surface area contributed by atoms with Crippen LogP contribution in [-0.2, 0) is 9.63 Å². The van der Waals surface area contributed by atoms with E-state index in [0.29, 0.717) is 0 Å². The largest absolute Gasteiger partial charge is 0.373 e. The van der Waals surface area contributed by atoms with Crippen LogP contribution in [0.15, 0.2) is 0 Å². The van der Waals surface area contributed by atoms with Gasteiger partial charge in [-0.1, -0.05) is 27.2 Å². The minimum Gasteiger partial charge on any atom is -0.373 e. The summed E-state index contributed by atoms with van der Waals surface area (Å²) in [5.41, 5.74) is -0.341. The van der Waals surface area contributed by atoms with Gasteiger partial charge in [-0.2, -0.15) is 5.90 Å². The maximum absolute atomic E-state index is 11.3. The summed E-state index contributed by atoms with van der Waals surface area (Å²) in [5.74, 6) is 4.53. The van der Waals surface area contributed by atoms with Crippen LogP contribution < -0.4 is 5.90 Å². The van der Waals surface area contributed by atoms with Crippen LogP contribution >= 0.6 is 0 Å². The molecule has 3 heteroatoms. The minimum atomic E-state index is -0.492. The molecule has 0 aromatic carbocycles. The van der Waals surface area contributed by atoms with Crippen molar-refractivity contribution in [2.45, 2.75) is 47.5 Å². The number of nitrogens with two attached hydrogens (primary N) is 1. The molecule has 0 bridgehead atoms. The van der Waals surface area contributed by atoms with Gasteiger partial charge in [-0.05, 0) is 25.7 Å². The molecule has 0 spiro atoms. The fourth-order valence-corrected chi connectivity index (χ4v) is 1.55. The van der Waals surface area contributed by atoms with E-state index in [1.165, 1.54) is 0 Å². The Morgan fingerprint density at radius 3 is 2.08 bits per heavy atom. The van der Waals surface area contributed by atoms with Crippen molar-refractivity contribution in [3.8, 4) is 0 Å². The maximum Gasteiger partial charge on any atom is 0.329 e. The Morgan fingerprint density at radius 1 is 1.31 bits per heavy atom. The molecular formula is C10H21NO2. The maximum atomic E-state index is 11.3. The van der Waals surface area contributed by atoms with Gasteiger partial charge in [0.15, 0.2) is 0 Å². The van der Waals surface area contributed by atoms with E-state index >= 15 is 0 Å². The molecule has 0 amide bonds. The zero-order valence-electron chi connectivity index (χ0n) is 9.31. The van der Waals surface area contributed by atoms with Gasteiger partial charge in [0.25, 0.3) is 0 Å². The van der Waals surface area contributed by atoms with Gasteiger partial charge in [-0.25, -0.2) is 4.79 Å². The van der Waals surface area contributed by atoms with Crippen LogP contribution in [-0.4, -0.2) is 5.97 Å². The summed E-state index contributed by atoms with van der Waals surface area (Å²) in [6.07, 6.45) is 1.82. The van der Waals surface area contributed by atoms with E-state index in [4.69, 9.17) is 5.90 Å². The lowest BCUT2D eigenvalue weighted by Gasteiger charge is -2.31. The van der Waals surface area contributed by atoms with E-state index < -0.39 is 5.41 Å². The molecule has 78 valence electrons. The van der Waals surface area contributed by atoms with Crippen LogP contribution in [0.1, 0.15) is 47.5 Å². The van der Waals surface area contributed by atoms with Gasteiger partial charge in [0.1, 0.15) is 0 Å². The SMILES string of the molecule is CCC(C)(C)CC(C)(C)C(=O)ON. The molecule has 0 radical (unpaired) electrons. The highest BCUT2D eigenvalue weighted by Crippen LogP contribution is 2.36. The lowest BCUT2D eigenvalue weighted by molar-refractivity contribution is -0.156. The Hall–Kier alpha value is -0.570. The lowest BCUT2D eigenvalue weighted by atomic mass is 9.74. The number of carbonyl (C=O) groups is 1. The molecule has 0 saturated carbocycles. The van der Waals surface area contributed by atoms with E-state index in [1.54, 1.807) is 0 Å². The van der Waals surface area contributed by atoms with Crippen molar-refractivity contribution in [3.63, 3.8) is 0 Å². The second-order valence-corrected chi connectivity index (χ2v) is 4.98. The zero-order chi connectivity index (χ0) is 10.7. The fourth-order valence-electron chi connectivity index (χ4n) is 1.55. The molecular weight excluding hydrogens is 166 g/mol. The van der Waals surface area contributed by atoms with Gasteiger partial charge < -0.3 is 4.84 Å². The lowest BCUT2D eigenvalue weighted by Crippen LogP contribution is -2.33. The predicted molar refractivity (Wildman–Crippen MR) is 52.7 cm³/mol. The summed E-state index contributed by atoms with van der Waals surface area (Å²) in [6, 6.07) is 0. The quantitative estimate of drug-likeness (QED) is 0.687. The fraction of sp³-hybridized carbons (Fsp3) is 0.900. The first kappa shape index (κ1) is 12.4. The third-order valence-corrected chi connectivity index (χ3v) is 2.54. The molecule has 0 saturated heterocycles. The number of carbonyl (C=O) groups excluding carboxylic acids is 1. The summed E-state index contributed by atoms with van der Waals surface area (Å²) in [4.78, 5) is 15.5. The van der Waals surface area contributed by atoms with Crippen LogP contribution in [0.25, 0.3) is 0 Å². The van der Waals surface area contributed by atoms with Gasteiger partial charge in [0.2, 0.25) is 0 Å². The first-order valence-electron chi connectivity index (χ1n) is 4.66. The highest BCUT2D eigenvalue weighted by molar-refractivity contribution is 5.75. The van der Waals surface area contributed by atoms with Crippen LogP contribution in [0, 0.1) is 10.8 Å². The van der Waals surface area contributed by atoms with Crippen molar-refractivity contribution in [2.24, 2.45) is 16.7 Å². The molecule has 3 nitrogen and oxygen atoms in total. The van der Waals surface area contributed by atoms with Crippen molar-refractivity contribution >= 4 is 5.97 Å². The van der Waals surface area contributed by atoms with E-state index in [0.717, 1.165) is 12.8 Å². The summed E-state index contributed by atoms with van der Waals surface area (Å²) >= 11 is 0. The first-order chi connectivity index (χ1) is 5.75. The molecule has 0 atom stereocenters. The first-order valence-corrected chi connectivity index (χ1v) is 4.66. The van der Waals surface area contributed by atoms with Crippen molar-refractivity contribution in [1.82, 2.24) is 0 Å². The van der Waals surface area contributed by atoms with Crippen molar-refractivity contribution in [2.75, 3.05) is 0 Å². The van der Waals surface area contributed by atoms with Crippen molar-refractivity contribution in [3.05, 3.63) is 0 Å². The van der Waals surface area contributed by atoms with Crippen LogP contribution in [0.4, 0.5) is 0 Å². The Labute approximate surface area is 80.6 Å². The number of rotatable bonds is 4. The van der Waals surface area contributed by atoms with Crippen molar-refractivity contribution in [1.29, 1.82) is 0 Å². The van der Waals surface area contributed by atoms with Gasteiger partial charge in [-0.3, -0.25) is 0 Å². The molecule has 0 heterocycles. The highest BCUT2D eigenvalue weighted by Gasteiger charge is 2.34. The molecule has 0 aliphatic carbocycles. The Bertz CT molecular complexity index is 185. The second-order valence-electron chi connectivity index (χ2n) is 4.98. The van der Waals surface area contributed by atoms with E-state index in [9.17, 15) is 4.79 Å². The van der Waals surface area contributed by atoms with Crippen molar-refractivity contribution < 1.29 is 9.63 Å². The number of hydrogen-bond donors (Lipinski definition) is 1. The topological polar surface area (TPSA) is 52.3 Å². The monoisotopic (exact) mass is 187 g/mol. The van der Waals surface area contributed by atoms with Gasteiger partial charge in [0.05, 0.1) is 5.41 Å². The Kier molecular flexibility index (Phi) is 3.91. The number of hydrogen-bond acceptors (Lipinski definition) is 3. The van der Waals surface area contributed by atoms with E-state index in [-0.39, 0.29) is 11.4 Å². The molecule has 0 rings (SSSR count). The second kappa shape index (κ2) is 4.09. The third kappa shape index (κ3) is 3.77. The average Bonchev–Trinajstić information content (AvgIpc) is 2.01. The van der Waals surface area contributed by atoms with E-state index in [1.807, 2.05) is 13.8 Å².